The molecule has 0 saturated heterocycles. The third-order valence-electron chi connectivity index (χ3n) is 5.58. The molecule has 0 aliphatic rings. The van der Waals surface area contributed by atoms with Crippen molar-refractivity contribution in [3.05, 3.63) is 59.4 Å². The molecule has 0 spiro atoms. The lowest BCUT2D eigenvalue weighted by Crippen LogP contribution is -2.35. The Morgan fingerprint density at radius 3 is 1.65 bits per heavy atom. The SMILES string of the molecule is COCCOc1ccccc1S(=O)(=O)NC(=O)Nc1nc(OC)nc(OC)n1.COc1nc(C)nc(NC(=O)NS(=O)(=O)c2ccccc2Cl)n1. The number of aromatic nitrogens is 6. The van der Waals surface area contributed by atoms with Crippen molar-refractivity contribution >= 4 is 55.6 Å². The first-order valence-electron chi connectivity index (χ1n) is 13.9. The monoisotopic (exact) mass is 770 g/mol. The van der Waals surface area contributed by atoms with Crippen molar-refractivity contribution in [1.29, 1.82) is 0 Å². The zero-order valence-corrected chi connectivity index (χ0v) is 29.8. The van der Waals surface area contributed by atoms with E-state index < -0.39 is 32.1 Å². The second kappa shape index (κ2) is 18.4. The van der Waals surface area contributed by atoms with Crippen LogP contribution in [0, 0.1) is 6.92 Å². The summed E-state index contributed by atoms with van der Waals surface area (Å²) in [5.74, 6) is -0.0494. The minimum atomic E-state index is -4.24. The van der Waals surface area contributed by atoms with Crippen LogP contribution in [0.25, 0.3) is 0 Å². The van der Waals surface area contributed by atoms with E-state index in [4.69, 9.17) is 35.3 Å². The highest BCUT2D eigenvalue weighted by Gasteiger charge is 2.24. The Kier molecular flexibility index (Phi) is 14.3. The molecule has 0 unspecified atom stereocenters. The van der Waals surface area contributed by atoms with E-state index in [9.17, 15) is 26.4 Å². The summed E-state index contributed by atoms with van der Waals surface area (Å²) in [5.41, 5.74) is 0. The van der Waals surface area contributed by atoms with Crippen molar-refractivity contribution in [2.24, 2.45) is 0 Å². The van der Waals surface area contributed by atoms with E-state index >= 15 is 0 Å². The van der Waals surface area contributed by atoms with Crippen LogP contribution in [0.5, 0.6) is 23.8 Å². The second-order valence-corrected chi connectivity index (χ2v) is 12.9. The maximum absolute atomic E-state index is 12.5. The van der Waals surface area contributed by atoms with Crippen LogP contribution in [-0.4, -0.2) is 100 Å². The molecule has 274 valence electrons. The maximum Gasteiger partial charge on any atom is 0.335 e. The minimum absolute atomic E-state index is 0.00882. The largest absolute Gasteiger partial charge is 0.490 e. The highest BCUT2D eigenvalue weighted by molar-refractivity contribution is 7.90. The third-order valence-corrected chi connectivity index (χ3v) is 8.78. The van der Waals surface area contributed by atoms with E-state index in [1.165, 1.54) is 64.8 Å². The van der Waals surface area contributed by atoms with Crippen LogP contribution in [0.2, 0.25) is 5.02 Å². The number of benzene rings is 2. The smallest absolute Gasteiger partial charge is 0.335 e. The highest BCUT2D eigenvalue weighted by atomic mass is 35.5. The summed E-state index contributed by atoms with van der Waals surface area (Å²) in [6.07, 6.45) is 0. The molecule has 0 atom stereocenters. The summed E-state index contributed by atoms with van der Waals surface area (Å²) in [4.78, 5) is 46.3. The number of amides is 4. The number of hydrogen-bond acceptors (Lipinski definition) is 17. The quantitative estimate of drug-likeness (QED) is 0.141. The van der Waals surface area contributed by atoms with Crippen LogP contribution in [0.4, 0.5) is 21.5 Å². The van der Waals surface area contributed by atoms with Gasteiger partial charge >= 0.3 is 30.1 Å². The number of para-hydroxylation sites is 1. The van der Waals surface area contributed by atoms with Gasteiger partial charge in [-0.05, 0) is 31.2 Å². The third kappa shape index (κ3) is 12.0. The lowest BCUT2D eigenvalue weighted by Gasteiger charge is -2.12. The molecule has 51 heavy (non-hydrogen) atoms. The number of sulfonamides is 2. The van der Waals surface area contributed by atoms with Crippen molar-refractivity contribution in [1.82, 2.24) is 39.3 Å². The summed E-state index contributed by atoms with van der Waals surface area (Å²) in [6.45, 7) is 1.97. The van der Waals surface area contributed by atoms with Crippen LogP contribution in [0.1, 0.15) is 5.82 Å². The molecule has 21 nitrogen and oxygen atoms in total. The number of methoxy groups -OCH3 is 4. The predicted molar refractivity (Wildman–Crippen MR) is 178 cm³/mol. The van der Waals surface area contributed by atoms with E-state index in [0.717, 1.165) is 0 Å². The van der Waals surface area contributed by atoms with Gasteiger partial charge in [0, 0.05) is 7.11 Å². The van der Waals surface area contributed by atoms with Gasteiger partial charge in [0.05, 0.1) is 33.0 Å². The Balaban J connectivity index is 0.000000281. The van der Waals surface area contributed by atoms with Crippen molar-refractivity contribution in [2.45, 2.75) is 16.7 Å². The van der Waals surface area contributed by atoms with Crippen LogP contribution >= 0.6 is 11.6 Å². The molecule has 24 heteroatoms. The standard InChI is InChI=1S/C15H19N5O7S.C12H12ClN5O4S/c1-24-8-9-27-10-6-4-5-7-11(10)28(22,23)20-13(21)16-12-17-14(25-2)19-15(18-12)26-3;1-7-14-10(17-12(15-7)22-2)16-11(19)18-23(20,21)9-6-4-3-5-8(9)13/h4-7H,8-9H2,1-3H3,(H2,16,17,18,19,20,21);3-6H,1-2H3,(H2,14,15,16,17,18,19). The lowest BCUT2D eigenvalue weighted by atomic mass is 10.3. The van der Waals surface area contributed by atoms with Crippen LogP contribution in [-0.2, 0) is 24.8 Å². The normalized spacial score (nSPS) is 10.9. The molecular weight excluding hydrogens is 740 g/mol. The van der Waals surface area contributed by atoms with Gasteiger partial charge < -0.3 is 23.7 Å². The Bertz CT molecular complexity index is 2040. The number of aryl methyl sites for hydroxylation is 1. The van der Waals surface area contributed by atoms with Gasteiger partial charge in [-0.1, -0.05) is 35.9 Å². The van der Waals surface area contributed by atoms with E-state index in [0.29, 0.717) is 5.82 Å². The fourth-order valence-electron chi connectivity index (χ4n) is 3.48. The molecule has 4 N–H and O–H groups in total. The zero-order valence-electron chi connectivity index (χ0n) is 27.4. The van der Waals surface area contributed by atoms with Crippen LogP contribution < -0.4 is 39.0 Å². The van der Waals surface area contributed by atoms with Gasteiger partial charge in [-0.3, -0.25) is 10.6 Å². The van der Waals surface area contributed by atoms with Crippen molar-refractivity contribution in [2.75, 3.05) is 52.3 Å². The van der Waals surface area contributed by atoms with Gasteiger partial charge in [-0.2, -0.15) is 24.9 Å². The van der Waals surface area contributed by atoms with E-state index in [1.807, 2.05) is 9.44 Å². The lowest BCUT2D eigenvalue weighted by molar-refractivity contribution is 0.144. The van der Waals surface area contributed by atoms with Crippen molar-refractivity contribution < 1.29 is 50.1 Å². The minimum Gasteiger partial charge on any atom is -0.490 e. The Morgan fingerprint density at radius 1 is 0.647 bits per heavy atom. The van der Waals surface area contributed by atoms with E-state index in [1.54, 1.807) is 19.1 Å². The average molecular weight is 771 g/mol. The topological polar surface area (TPSA) is 274 Å². The van der Waals surface area contributed by atoms with E-state index in [-0.39, 0.29) is 63.7 Å². The second-order valence-electron chi connectivity index (χ2n) is 9.16. The average Bonchev–Trinajstić information content (AvgIpc) is 3.07. The predicted octanol–water partition coefficient (Wildman–Crippen LogP) is 1.78. The first kappa shape index (κ1) is 39.8. The maximum atomic E-state index is 12.5. The van der Waals surface area contributed by atoms with Gasteiger partial charge in [-0.15, -0.1) is 4.98 Å². The zero-order chi connectivity index (χ0) is 37.6. The summed E-state index contributed by atoms with van der Waals surface area (Å²) >= 11 is 5.81. The molecule has 4 aromatic rings. The van der Waals surface area contributed by atoms with Gasteiger partial charge in [0.1, 0.15) is 28.0 Å². The van der Waals surface area contributed by atoms with Crippen LogP contribution in [0.3, 0.4) is 0 Å². The summed E-state index contributed by atoms with van der Waals surface area (Å²) < 4.78 is 77.8. The number of nitrogens with zero attached hydrogens (tertiary/aromatic N) is 6. The Hall–Kier alpha value is -5.65. The van der Waals surface area contributed by atoms with Crippen molar-refractivity contribution in [3.63, 3.8) is 0 Å². The molecule has 2 aromatic carbocycles. The molecule has 0 saturated carbocycles. The highest BCUT2D eigenvalue weighted by Crippen LogP contribution is 2.23. The van der Waals surface area contributed by atoms with Gasteiger partial charge in [-0.25, -0.2) is 35.9 Å². The van der Waals surface area contributed by atoms with Gasteiger partial charge in [0.2, 0.25) is 11.9 Å². The fraction of sp³-hybridized carbons (Fsp3) is 0.259. The molecule has 0 radical (unpaired) electrons. The Labute approximate surface area is 296 Å². The molecule has 0 aliphatic carbocycles. The number of halogens is 1. The van der Waals surface area contributed by atoms with E-state index in [2.05, 4.69) is 40.5 Å². The van der Waals surface area contributed by atoms with Crippen LogP contribution in [0.15, 0.2) is 58.3 Å². The number of hydrogen-bond donors (Lipinski definition) is 4. The molecule has 0 aliphatic heterocycles. The van der Waals surface area contributed by atoms with Gasteiger partial charge in [0.15, 0.2) is 0 Å². The van der Waals surface area contributed by atoms with Gasteiger partial charge in [0.25, 0.3) is 20.0 Å². The molecule has 2 aromatic heterocycles. The number of ether oxygens (including phenoxy) is 5. The number of anilines is 2. The molecule has 4 amide bonds. The Morgan fingerprint density at radius 2 is 1.12 bits per heavy atom. The summed E-state index contributed by atoms with van der Waals surface area (Å²) in [5, 5.41) is 4.36. The fourth-order valence-corrected chi connectivity index (χ4v) is 5.96. The summed E-state index contributed by atoms with van der Waals surface area (Å²) in [7, 11) is -2.92. The first-order chi connectivity index (χ1) is 24.2. The molecule has 4 rings (SSSR count). The number of carbonyl (C=O) groups is 2. The number of rotatable bonds is 13. The first-order valence-corrected chi connectivity index (χ1v) is 17.3. The molecule has 0 bridgehead atoms. The summed E-state index contributed by atoms with van der Waals surface area (Å²) in [6, 6.07) is 9.19. The number of urea groups is 2. The van der Waals surface area contributed by atoms with Crippen molar-refractivity contribution in [3.8, 4) is 23.8 Å². The molecule has 2 heterocycles. The molecule has 0 fully saturated rings. The number of carbonyl (C=O) groups excluding carboxylic acids is 2. The molecular formula is C27H31ClN10O11S2. The number of nitrogens with one attached hydrogen (secondary N) is 4.